The number of nitrogens with zero attached hydrogens (tertiary/aromatic N) is 2. The minimum Gasteiger partial charge on any atom is -0.440 e. The Hall–Kier alpha value is -1.73. The number of thioether (sulfide) groups is 1. The Bertz CT molecular complexity index is 528. The quantitative estimate of drug-likeness (QED) is 0.760. The van der Waals surface area contributed by atoms with Crippen molar-refractivity contribution >= 4 is 11.8 Å². The van der Waals surface area contributed by atoms with Crippen molar-refractivity contribution in [1.29, 1.82) is 5.26 Å². The van der Waals surface area contributed by atoms with Crippen molar-refractivity contribution in [2.24, 2.45) is 0 Å². The summed E-state index contributed by atoms with van der Waals surface area (Å²) in [6.07, 6.45) is 1.62. The van der Waals surface area contributed by atoms with Gasteiger partial charge in [-0.3, -0.25) is 0 Å². The monoisotopic (exact) mass is 230 g/mol. The van der Waals surface area contributed by atoms with Gasteiger partial charge in [-0.05, 0) is 18.6 Å². The van der Waals surface area contributed by atoms with Crippen LogP contribution in [0.15, 0.2) is 40.2 Å². The van der Waals surface area contributed by atoms with E-state index in [1.54, 1.807) is 6.26 Å². The zero-order valence-electron chi connectivity index (χ0n) is 8.80. The molecule has 16 heavy (non-hydrogen) atoms. The molecule has 0 radical (unpaired) electrons. The number of nitriles is 1. The summed E-state index contributed by atoms with van der Waals surface area (Å²) in [7, 11) is 0. The third-order valence-corrected chi connectivity index (χ3v) is 2.98. The van der Waals surface area contributed by atoms with Crippen LogP contribution in [0.2, 0.25) is 0 Å². The lowest BCUT2D eigenvalue weighted by Gasteiger charge is -2.00. The summed E-state index contributed by atoms with van der Waals surface area (Å²) in [5.41, 5.74) is 2.58. The summed E-state index contributed by atoms with van der Waals surface area (Å²) in [4.78, 5) is 4.19. The summed E-state index contributed by atoms with van der Waals surface area (Å²) in [5.74, 6) is 0.698. The van der Waals surface area contributed by atoms with Gasteiger partial charge in [-0.1, -0.05) is 30.0 Å². The first-order valence-corrected chi connectivity index (χ1v) is 5.81. The number of rotatable bonds is 3. The molecule has 0 saturated carbocycles. The SMILES string of the molecule is Cc1coc(SCc2ccccc2C#N)n1. The van der Waals surface area contributed by atoms with Gasteiger partial charge in [0, 0.05) is 5.75 Å². The van der Waals surface area contributed by atoms with Gasteiger partial charge in [-0.15, -0.1) is 0 Å². The molecule has 0 aliphatic rings. The predicted molar refractivity (Wildman–Crippen MR) is 62.0 cm³/mol. The zero-order valence-corrected chi connectivity index (χ0v) is 9.62. The molecule has 3 nitrogen and oxygen atoms in total. The molecule has 0 bridgehead atoms. The molecule has 4 heteroatoms. The molecule has 0 unspecified atom stereocenters. The van der Waals surface area contributed by atoms with Crippen LogP contribution in [0.4, 0.5) is 0 Å². The first-order chi connectivity index (χ1) is 7.79. The number of aromatic nitrogens is 1. The molecular formula is C12H10N2OS. The highest BCUT2D eigenvalue weighted by atomic mass is 32.2. The van der Waals surface area contributed by atoms with Crippen LogP contribution in [0.5, 0.6) is 0 Å². The lowest BCUT2D eigenvalue weighted by Crippen LogP contribution is -1.86. The van der Waals surface area contributed by atoms with Gasteiger partial charge in [0.25, 0.3) is 5.22 Å². The highest BCUT2D eigenvalue weighted by Gasteiger charge is 2.05. The fraction of sp³-hybridized carbons (Fsp3) is 0.167. The number of benzene rings is 1. The van der Waals surface area contributed by atoms with Crippen molar-refractivity contribution in [3.05, 3.63) is 47.3 Å². The van der Waals surface area contributed by atoms with E-state index in [2.05, 4.69) is 11.1 Å². The van der Waals surface area contributed by atoms with Crippen molar-refractivity contribution in [3.63, 3.8) is 0 Å². The zero-order chi connectivity index (χ0) is 11.4. The van der Waals surface area contributed by atoms with Gasteiger partial charge in [0.15, 0.2) is 0 Å². The van der Waals surface area contributed by atoms with Gasteiger partial charge in [0.05, 0.1) is 17.3 Å². The molecule has 1 aromatic heterocycles. The van der Waals surface area contributed by atoms with Crippen LogP contribution >= 0.6 is 11.8 Å². The fourth-order valence-corrected chi connectivity index (χ4v) is 2.15. The van der Waals surface area contributed by atoms with Crippen LogP contribution < -0.4 is 0 Å². The van der Waals surface area contributed by atoms with Crippen LogP contribution in [-0.2, 0) is 5.75 Å². The van der Waals surface area contributed by atoms with Crippen LogP contribution in [-0.4, -0.2) is 4.98 Å². The summed E-state index contributed by atoms with van der Waals surface area (Å²) < 4.78 is 5.23. The van der Waals surface area contributed by atoms with Gasteiger partial charge in [-0.25, -0.2) is 4.98 Å². The van der Waals surface area contributed by atoms with Gasteiger partial charge in [0.2, 0.25) is 0 Å². The van der Waals surface area contributed by atoms with Gasteiger partial charge < -0.3 is 4.42 Å². The molecular weight excluding hydrogens is 220 g/mol. The average Bonchev–Trinajstić information content (AvgIpc) is 2.73. The Labute approximate surface area is 98.1 Å². The molecule has 0 spiro atoms. The average molecular weight is 230 g/mol. The number of hydrogen-bond acceptors (Lipinski definition) is 4. The van der Waals surface area contributed by atoms with Crippen molar-refractivity contribution < 1.29 is 4.42 Å². The molecule has 2 aromatic rings. The maximum Gasteiger partial charge on any atom is 0.256 e. The van der Waals surface area contributed by atoms with Crippen LogP contribution in [0.1, 0.15) is 16.8 Å². The minimum atomic E-state index is 0.644. The molecule has 0 N–H and O–H groups in total. The minimum absolute atomic E-state index is 0.644. The standard InChI is InChI=1S/C12H10N2OS/c1-9-7-15-12(14-9)16-8-11-5-3-2-4-10(11)6-13/h2-5,7H,8H2,1H3. The van der Waals surface area contributed by atoms with Crippen LogP contribution in [0, 0.1) is 18.3 Å². The maximum atomic E-state index is 8.92. The second-order valence-electron chi connectivity index (χ2n) is 3.31. The topological polar surface area (TPSA) is 49.8 Å². The Balaban J connectivity index is 2.08. The summed E-state index contributed by atoms with van der Waals surface area (Å²) in [5, 5.41) is 9.57. The second kappa shape index (κ2) is 4.86. The molecule has 0 amide bonds. The first-order valence-electron chi connectivity index (χ1n) is 4.82. The Kier molecular flexibility index (Phi) is 3.28. The highest BCUT2D eigenvalue weighted by Crippen LogP contribution is 2.23. The molecule has 1 heterocycles. The van der Waals surface area contributed by atoms with Gasteiger partial charge in [-0.2, -0.15) is 5.26 Å². The third kappa shape index (κ3) is 2.44. The van der Waals surface area contributed by atoms with Crippen molar-refractivity contribution in [2.75, 3.05) is 0 Å². The van der Waals surface area contributed by atoms with E-state index in [9.17, 15) is 0 Å². The fourth-order valence-electron chi connectivity index (χ4n) is 1.29. The van der Waals surface area contributed by atoms with E-state index < -0.39 is 0 Å². The van der Waals surface area contributed by atoms with Crippen LogP contribution in [0.3, 0.4) is 0 Å². The Morgan fingerprint density at radius 1 is 1.44 bits per heavy atom. The van der Waals surface area contributed by atoms with E-state index >= 15 is 0 Å². The van der Waals surface area contributed by atoms with E-state index in [0.29, 0.717) is 16.5 Å². The molecule has 0 atom stereocenters. The van der Waals surface area contributed by atoms with Gasteiger partial charge in [0.1, 0.15) is 6.26 Å². The maximum absolute atomic E-state index is 8.92. The smallest absolute Gasteiger partial charge is 0.256 e. The second-order valence-corrected chi connectivity index (χ2v) is 4.24. The summed E-state index contributed by atoms with van der Waals surface area (Å²) >= 11 is 1.49. The molecule has 80 valence electrons. The number of hydrogen-bond donors (Lipinski definition) is 0. The number of oxazole rings is 1. The Morgan fingerprint density at radius 3 is 2.94 bits per heavy atom. The van der Waals surface area contributed by atoms with Crippen molar-refractivity contribution in [1.82, 2.24) is 4.98 Å². The van der Waals surface area contributed by atoms with Crippen molar-refractivity contribution in [3.8, 4) is 6.07 Å². The molecule has 0 saturated heterocycles. The van der Waals surface area contributed by atoms with E-state index in [-0.39, 0.29) is 0 Å². The highest BCUT2D eigenvalue weighted by molar-refractivity contribution is 7.98. The van der Waals surface area contributed by atoms with Crippen molar-refractivity contribution in [2.45, 2.75) is 17.9 Å². The Morgan fingerprint density at radius 2 is 2.25 bits per heavy atom. The lowest BCUT2D eigenvalue weighted by molar-refractivity contribution is 0.454. The molecule has 2 rings (SSSR count). The predicted octanol–water partition coefficient (Wildman–Crippen LogP) is 3.15. The van der Waals surface area contributed by atoms with E-state index in [1.165, 1.54) is 11.8 Å². The van der Waals surface area contributed by atoms with E-state index in [4.69, 9.17) is 9.68 Å². The first kappa shape index (κ1) is 10.8. The van der Waals surface area contributed by atoms with E-state index in [1.807, 2.05) is 31.2 Å². The molecule has 0 aliphatic carbocycles. The molecule has 1 aromatic carbocycles. The normalized spacial score (nSPS) is 10.0. The third-order valence-electron chi connectivity index (χ3n) is 2.09. The van der Waals surface area contributed by atoms with Crippen LogP contribution in [0.25, 0.3) is 0 Å². The van der Waals surface area contributed by atoms with E-state index in [0.717, 1.165) is 11.3 Å². The largest absolute Gasteiger partial charge is 0.440 e. The summed E-state index contributed by atoms with van der Waals surface area (Å²) in [6.45, 7) is 1.89. The molecule has 0 fully saturated rings. The summed E-state index contributed by atoms with van der Waals surface area (Å²) in [6, 6.07) is 9.73. The lowest BCUT2D eigenvalue weighted by atomic mass is 10.1. The molecule has 0 aliphatic heterocycles. The van der Waals surface area contributed by atoms with Gasteiger partial charge >= 0.3 is 0 Å². The number of aryl methyl sites for hydroxylation is 1.